The Hall–Kier alpha value is -2.00. The van der Waals surface area contributed by atoms with Crippen molar-refractivity contribution in [2.24, 2.45) is 5.73 Å². The number of hydrogen-bond acceptors (Lipinski definition) is 3. The largest absolute Gasteiger partial charge is 0.433 e. The third-order valence-corrected chi connectivity index (χ3v) is 2.37. The summed E-state index contributed by atoms with van der Waals surface area (Å²) in [6.45, 7) is 1.10. The van der Waals surface area contributed by atoms with Gasteiger partial charge in [-0.05, 0) is 19.1 Å². The molecule has 1 rings (SSSR count). The summed E-state index contributed by atoms with van der Waals surface area (Å²) in [6.07, 6.45) is -10.6. The topological polar surface area (TPSA) is 68.0 Å². The van der Waals surface area contributed by atoms with Gasteiger partial charge in [-0.3, -0.25) is 4.79 Å². The van der Waals surface area contributed by atoms with Gasteiger partial charge in [0.2, 0.25) is 0 Å². The molecule has 0 aliphatic heterocycles. The molecule has 0 spiro atoms. The Morgan fingerprint density at radius 3 is 2.29 bits per heavy atom. The van der Waals surface area contributed by atoms with Gasteiger partial charge in [0.1, 0.15) is 11.5 Å². The van der Waals surface area contributed by atoms with E-state index in [2.05, 4.69) is 10.3 Å². The van der Waals surface area contributed by atoms with Gasteiger partial charge in [0.15, 0.2) is 0 Å². The molecule has 10 heteroatoms. The quantitative estimate of drug-likeness (QED) is 0.839. The fourth-order valence-electron chi connectivity index (χ4n) is 1.56. The van der Waals surface area contributed by atoms with Crippen molar-refractivity contribution in [2.75, 3.05) is 5.32 Å². The molecule has 4 nitrogen and oxygen atoms in total. The monoisotopic (exact) mass is 315 g/mol. The molecule has 0 saturated carbocycles. The zero-order valence-electron chi connectivity index (χ0n) is 10.6. The highest BCUT2D eigenvalue weighted by Gasteiger charge is 2.34. The molecular formula is C11H11F6N3O. The van der Waals surface area contributed by atoms with Gasteiger partial charge in [0.05, 0.1) is 12.0 Å². The number of nitrogens with one attached hydrogen (secondary N) is 1. The Kier molecular flexibility index (Phi) is 4.69. The molecule has 1 aromatic rings. The van der Waals surface area contributed by atoms with Crippen molar-refractivity contribution >= 4 is 11.7 Å². The molecule has 1 atom stereocenters. The first-order valence-electron chi connectivity index (χ1n) is 5.61. The summed E-state index contributed by atoms with van der Waals surface area (Å²) in [5.74, 6) is -1.73. The zero-order chi connectivity index (χ0) is 16.4. The number of primary amides is 1. The number of nitrogens with two attached hydrogens (primary N) is 1. The molecule has 0 bridgehead atoms. The first-order chi connectivity index (χ1) is 9.40. The lowest BCUT2D eigenvalue weighted by Crippen LogP contribution is -2.27. The lowest BCUT2D eigenvalue weighted by atomic mass is 10.1. The van der Waals surface area contributed by atoms with Crippen LogP contribution in [0.15, 0.2) is 12.1 Å². The van der Waals surface area contributed by atoms with Crippen LogP contribution >= 0.6 is 0 Å². The predicted octanol–water partition coefficient (Wildman–Crippen LogP) is 2.95. The van der Waals surface area contributed by atoms with Crippen molar-refractivity contribution in [1.82, 2.24) is 4.98 Å². The normalized spacial score (nSPS) is 13.9. The first kappa shape index (κ1) is 17.1. The van der Waals surface area contributed by atoms with Gasteiger partial charge in [0, 0.05) is 6.04 Å². The summed E-state index contributed by atoms with van der Waals surface area (Å²) in [7, 11) is 0. The Labute approximate surface area is 115 Å². The van der Waals surface area contributed by atoms with Crippen LogP contribution in [0, 0.1) is 0 Å². The van der Waals surface area contributed by atoms with Crippen LogP contribution < -0.4 is 11.1 Å². The summed E-state index contributed by atoms with van der Waals surface area (Å²) in [4.78, 5) is 14.2. The molecule has 1 heterocycles. The molecule has 21 heavy (non-hydrogen) atoms. The van der Waals surface area contributed by atoms with Crippen LogP contribution in [0.2, 0.25) is 0 Å². The van der Waals surface area contributed by atoms with Crippen LogP contribution in [-0.4, -0.2) is 23.1 Å². The number of aromatic nitrogens is 1. The van der Waals surface area contributed by atoms with Crippen LogP contribution in [0.4, 0.5) is 32.2 Å². The van der Waals surface area contributed by atoms with Crippen molar-refractivity contribution < 1.29 is 31.1 Å². The fraction of sp³-hybridized carbons (Fsp3) is 0.455. The van der Waals surface area contributed by atoms with E-state index in [-0.39, 0.29) is 0 Å². The number of carbonyl (C=O) groups is 1. The maximum Gasteiger partial charge on any atom is 0.433 e. The van der Waals surface area contributed by atoms with E-state index in [1.807, 2.05) is 0 Å². The third kappa shape index (κ3) is 5.12. The molecule has 0 aromatic carbocycles. The molecule has 0 radical (unpaired) electrons. The van der Waals surface area contributed by atoms with Gasteiger partial charge in [0.25, 0.3) is 5.91 Å². The molecule has 0 aliphatic rings. The SMILES string of the molecule is CC(CC(F)(F)F)Nc1nc(C(F)(F)F)ccc1C(N)=O. The number of hydrogen-bond donors (Lipinski definition) is 2. The first-order valence-corrected chi connectivity index (χ1v) is 5.61. The summed E-state index contributed by atoms with van der Waals surface area (Å²) < 4.78 is 74.2. The number of halogens is 6. The van der Waals surface area contributed by atoms with E-state index in [0.717, 1.165) is 13.0 Å². The van der Waals surface area contributed by atoms with Crippen molar-refractivity contribution in [3.05, 3.63) is 23.4 Å². The van der Waals surface area contributed by atoms with Gasteiger partial charge in [-0.1, -0.05) is 0 Å². The lowest BCUT2D eigenvalue weighted by Gasteiger charge is -2.18. The summed E-state index contributed by atoms with van der Waals surface area (Å²) >= 11 is 0. The Morgan fingerprint density at radius 2 is 1.86 bits per heavy atom. The van der Waals surface area contributed by atoms with Crippen molar-refractivity contribution in [1.29, 1.82) is 0 Å². The van der Waals surface area contributed by atoms with E-state index in [0.29, 0.717) is 6.07 Å². The number of anilines is 1. The van der Waals surface area contributed by atoms with E-state index < -0.39 is 47.8 Å². The van der Waals surface area contributed by atoms with Crippen molar-refractivity contribution in [3.8, 4) is 0 Å². The predicted molar refractivity (Wildman–Crippen MR) is 61.5 cm³/mol. The van der Waals surface area contributed by atoms with Gasteiger partial charge in [-0.2, -0.15) is 26.3 Å². The van der Waals surface area contributed by atoms with E-state index in [9.17, 15) is 31.1 Å². The summed E-state index contributed by atoms with van der Waals surface area (Å²) in [5, 5.41) is 2.13. The molecule has 1 unspecified atom stereocenters. The molecule has 1 amide bonds. The van der Waals surface area contributed by atoms with E-state index >= 15 is 0 Å². The van der Waals surface area contributed by atoms with Crippen LogP contribution in [0.1, 0.15) is 29.4 Å². The lowest BCUT2D eigenvalue weighted by molar-refractivity contribution is -0.141. The maximum atomic E-state index is 12.5. The number of amides is 1. The molecule has 3 N–H and O–H groups in total. The average molecular weight is 315 g/mol. The molecule has 0 fully saturated rings. The Bertz CT molecular complexity index is 526. The highest BCUT2D eigenvalue weighted by atomic mass is 19.4. The fourth-order valence-corrected chi connectivity index (χ4v) is 1.56. The van der Waals surface area contributed by atoms with Crippen LogP contribution in [0.5, 0.6) is 0 Å². The number of nitrogens with zero attached hydrogens (tertiary/aromatic N) is 1. The minimum atomic E-state index is -4.79. The van der Waals surface area contributed by atoms with E-state index in [4.69, 9.17) is 5.73 Å². The van der Waals surface area contributed by atoms with E-state index in [1.54, 1.807) is 0 Å². The number of pyridine rings is 1. The van der Waals surface area contributed by atoms with Gasteiger partial charge < -0.3 is 11.1 Å². The van der Waals surface area contributed by atoms with Crippen LogP contribution in [0.25, 0.3) is 0 Å². The summed E-state index contributed by atoms with van der Waals surface area (Å²) in [6, 6.07) is 0.0135. The molecule has 1 aromatic heterocycles. The highest BCUT2D eigenvalue weighted by molar-refractivity contribution is 5.97. The smallest absolute Gasteiger partial charge is 0.367 e. The van der Waals surface area contributed by atoms with Crippen molar-refractivity contribution in [3.63, 3.8) is 0 Å². The highest BCUT2D eigenvalue weighted by Crippen LogP contribution is 2.30. The minimum absolute atomic E-state index is 0.419. The Morgan fingerprint density at radius 1 is 1.29 bits per heavy atom. The number of rotatable bonds is 4. The van der Waals surface area contributed by atoms with Gasteiger partial charge >= 0.3 is 12.4 Å². The molecule has 0 aliphatic carbocycles. The standard InChI is InChI=1S/C11H11F6N3O/c1-5(4-10(12,13)14)19-9-6(8(18)21)2-3-7(20-9)11(15,16)17/h2-3,5H,4H2,1H3,(H2,18,21)(H,19,20). The summed E-state index contributed by atoms with van der Waals surface area (Å²) in [5.41, 5.74) is 3.20. The van der Waals surface area contributed by atoms with Gasteiger partial charge in [-0.25, -0.2) is 4.98 Å². The maximum absolute atomic E-state index is 12.5. The second-order valence-corrected chi connectivity index (χ2v) is 4.32. The molecular weight excluding hydrogens is 304 g/mol. The molecule has 0 saturated heterocycles. The second kappa shape index (κ2) is 5.78. The minimum Gasteiger partial charge on any atom is -0.367 e. The third-order valence-electron chi connectivity index (χ3n) is 2.37. The number of carbonyl (C=O) groups excluding carboxylic acids is 1. The number of alkyl halides is 6. The van der Waals surface area contributed by atoms with Crippen molar-refractivity contribution in [2.45, 2.75) is 31.7 Å². The zero-order valence-corrected chi connectivity index (χ0v) is 10.6. The second-order valence-electron chi connectivity index (χ2n) is 4.32. The van der Waals surface area contributed by atoms with Crippen LogP contribution in [0.3, 0.4) is 0 Å². The van der Waals surface area contributed by atoms with Crippen LogP contribution in [-0.2, 0) is 6.18 Å². The molecule has 118 valence electrons. The average Bonchev–Trinajstić information content (AvgIpc) is 2.24. The Balaban J connectivity index is 3.10. The van der Waals surface area contributed by atoms with Gasteiger partial charge in [-0.15, -0.1) is 0 Å². The van der Waals surface area contributed by atoms with E-state index in [1.165, 1.54) is 0 Å².